The smallest absolute Gasteiger partial charge is 0.409 e. The molecule has 0 spiro atoms. The van der Waals surface area contributed by atoms with Crippen molar-refractivity contribution >= 4 is 36.0 Å². The Labute approximate surface area is 209 Å². The molecular formula is C23H41IN4O4. The molecule has 8 nitrogen and oxygen atoms in total. The molecule has 1 aromatic rings. The quantitative estimate of drug-likeness (QED) is 0.214. The van der Waals surface area contributed by atoms with Gasteiger partial charge in [0.25, 0.3) is 0 Å². The number of likely N-dealkylation sites (tertiary alicyclic amines) is 1. The summed E-state index contributed by atoms with van der Waals surface area (Å²) in [5.74, 6) is 1.62. The topological polar surface area (TPSA) is 99.3 Å². The average molecular weight is 565 g/mol. The molecule has 184 valence electrons. The highest BCUT2D eigenvalue weighted by Crippen LogP contribution is 2.20. The van der Waals surface area contributed by atoms with E-state index in [0.29, 0.717) is 38.7 Å². The summed E-state index contributed by atoms with van der Waals surface area (Å²) in [4.78, 5) is 18.4. The fraction of sp³-hybridized carbons (Fsp3) is 0.739. The minimum atomic E-state index is -0.771. The Morgan fingerprint density at radius 2 is 1.97 bits per heavy atom. The third-order valence-corrected chi connectivity index (χ3v) is 5.57. The van der Waals surface area contributed by atoms with Gasteiger partial charge in [-0.15, -0.1) is 24.0 Å². The molecular weight excluding hydrogens is 523 g/mol. The number of hydrogen-bond acceptors (Lipinski definition) is 5. The molecule has 32 heavy (non-hydrogen) atoms. The summed E-state index contributed by atoms with van der Waals surface area (Å²) in [5.41, 5.74) is -0.771. The fourth-order valence-electron chi connectivity index (χ4n) is 3.97. The van der Waals surface area contributed by atoms with Gasteiger partial charge in [0.05, 0.1) is 25.0 Å². The van der Waals surface area contributed by atoms with E-state index in [9.17, 15) is 9.90 Å². The normalized spacial score (nSPS) is 15.2. The third kappa shape index (κ3) is 9.97. The Morgan fingerprint density at radius 1 is 1.28 bits per heavy atom. The SMILES string of the molecule is CCCC(O)(CCC)CN=C(NCCc1ccco1)NC1CCN(C(=O)OCC)CC1.I. The number of amides is 1. The van der Waals surface area contributed by atoms with Crippen LogP contribution in [-0.4, -0.2) is 66.5 Å². The number of aliphatic imine (C=N–C) groups is 1. The standard InChI is InChI=1S/C23H40N4O4.HI/c1-4-12-23(29,13-5-2)18-25-21(24-14-9-20-8-7-17-31-20)26-19-10-15-27(16-11-19)22(28)30-6-3;/h7-8,17,19,29H,4-6,9-16,18H2,1-3H3,(H2,24,25,26);1H. The lowest BCUT2D eigenvalue weighted by Crippen LogP contribution is -2.50. The molecule has 0 unspecified atom stereocenters. The molecule has 0 radical (unpaired) electrons. The highest BCUT2D eigenvalue weighted by molar-refractivity contribution is 14.0. The number of nitrogens with zero attached hydrogens (tertiary/aromatic N) is 2. The van der Waals surface area contributed by atoms with Crippen molar-refractivity contribution in [2.75, 3.05) is 32.8 Å². The van der Waals surface area contributed by atoms with Crippen molar-refractivity contribution in [1.82, 2.24) is 15.5 Å². The minimum Gasteiger partial charge on any atom is -0.469 e. The van der Waals surface area contributed by atoms with E-state index >= 15 is 0 Å². The number of furan rings is 1. The summed E-state index contributed by atoms with van der Waals surface area (Å²) in [6.07, 6.45) is 7.16. The van der Waals surface area contributed by atoms with Crippen molar-refractivity contribution in [2.45, 2.75) is 77.4 Å². The second kappa shape index (κ2) is 15.4. The van der Waals surface area contributed by atoms with Crippen molar-refractivity contribution in [2.24, 2.45) is 4.99 Å². The first kappa shape index (κ1) is 28.5. The Kier molecular flexibility index (Phi) is 13.7. The monoisotopic (exact) mass is 564 g/mol. The molecule has 3 N–H and O–H groups in total. The molecule has 0 bridgehead atoms. The van der Waals surface area contributed by atoms with Crippen LogP contribution in [0.5, 0.6) is 0 Å². The van der Waals surface area contributed by atoms with E-state index in [2.05, 4.69) is 24.5 Å². The van der Waals surface area contributed by atoms with Crippen LogP contribution in [0.1, 0.15) is 65.1 Å². The number of carbonyl (C=O) groups excluding carboxylic acids is 1. The maximum atomic E-state index is 11.9. The van der Waals surface area contributed by atoms with Crippen LogP contribution < -0.4 is 10.6 Å². The van der Waals surface area contributed by atoms with Crippen molar-refractivity contribution in [3.8, 4) is 0 Å². The van der Waals surface area contributed by atoms with E-state index in [-0.39, 0.29) is 36.1 Å². The molecule has 1 aliphatic heterocycles. The van der Waals surface area contributed by atoms with Crippen LogP contribution in [0.3, 0.4) is 0 Å². The molecule has 2 heterocycles. The van der Waals surface area contributed by atoms with E-state index < -0.39 is 5.60 Å². The van der Waals surface area contributed by atoms with E-state index in [4.69, 9.17) is 14.1 Å². The maximum absolute atomic E-state index is 11.9. The summed E-state index contributed by atoms with van der Waals surface area (Å²) in [5, 5.41) is 17.8. The highest BCUT2D eigenvalue weighted by Gasteiger charge is 2.26. The van der Waals surface area contributed by atoms with Gasteiger partial charge in [0, 0.05) is 32.1 Å². The van der Waals surface area contributed by atoms with Gasteiger partial charge in [0.15, 0.2) is 5.96 Å². The molecule has 0 aliphatic carbocycles. The van der Waals surface area contributed by atoms with E-state index in [1.807, 2.05) is 19.1 Å². The van der Waals surface area contributed by atoms with Gasteiger partial charge in [-0.3, -0.25) is 4.99 Å². The van der Waals surface area contributed by atoms with Crippen LogP contribution in [0, 0.1) is 0 Å². The molecule has 9 heteroatoms. The van der Waals surface area contributed by atoms with Gasteiger partial charge in [-0.2, -0.15) is 0 Å². The van der Waals surface area contributed by atoms with Gasteiger partial charge in [-0.1, -0.05) is 26.7 Å². The predicted molar refractivity (Wildman–Crippen MR) is 138 cm³/mol. The van der Waals surface area contributed by atoms with Gasteiger partial charge in [-0.25, -0.2) is 4.79 Å². The Morgan fingerprint density at radius 3 is 2.53 bits per heavy atom. The lowest BCUT2D eigenvalue weighted by atomic mass is 9.93. The number of guanidine groups is 1. The van der Waals surface area contributed by atoms with E-state index in [1.165, 1.54) is 0 Å². The Hall–Kier alpha value is -1.49. The first-order valence-corrected chi connectivity index (χ1v) is 11.7. The number of piperidine rings is 1. The lowest BCUT2D eigenvalue weighted by molar-refractivity contribution is 0.0305. The molecule has 1 aromatic heterocycles. The van der Waals surface area contributed by atoms with Gasteiger partial charge in [-0.05, 0) is 44.7 Å². The van der Waals surface area contributed by atoms with Crippen LogP contribution in [0.4, 0.5) is 4.79 Å². The number of ether oxygens (including phenoxy) is 1. The molecule has 1 aliphatic rings. The molecule has 0 saturated carbocycles. The first-order valence-electron chi connectivity index (χ1n) is 11.7. The largest absolute Gasteiger partial charge is 0.469 e. The number of halogens is 1. The lowest BCUT2D eigenvalue weighted by Gasteiger charge is -2.33. The Bertz CT molecular complexity index is 655. The number of rotatable bonds is 11. The third-order valence-electron chi connectivity index (χ3n) is 5.57. The van der Waals surface area contributed by atoms with Crippen molar-refractivity contribution in [3.05, 3.63) is 24.2 Å². The zero-order valence-electron chi connectivity index (χ0n) is 19.8. The van der Waals surface area contributed by atoms with Gasteiger partial charge >= 0.3 is 6.09 Å². The number of aliphatic hydroxyl groups is 1. The molecule has 1 saturated heterocycles. The summed E-state index contributed by atoms with van der Waals surface area (Å²) in [6, 6.07) is 4.05. The summed E-state index contributed by atoms with van der Waals surface area (Å²) in [7, 11) is 0. The van der Waals surface area contributed by atoms with E-state index in [0.717, 1.165) is 50.7 Å². The van der Waals surface area contributed by atoms with Crippen molar-refractivity contribution < 1.29 is 19.1 Å². The second-order valence-electron chi connectivity index (χ2n) is 8.25. The summed E-state index contributed by atoms with van der Waals surface area (Å²) in [6.45, 7) is 8.75. The van der Waals surface area contributed by atoms with Crippen molar-refractivity contribution in [3.63, 3.8) is 0 Å². The van der Waals surface area contributed by atoms with Crippen LogP contribution in [0.25, 0.3) is 0 Å². The Balaban J connectivity index is 0.00000512. The predicted octanol–water partition coefficient (Wildman–Crippen LogP) is 3.93. The molecule has 0 aromatic carbocycles. The fourth-order valence-corrected chi connectivity index (χ4v) is 3.97. The molecule has 0 atom stereocenters. The second-order valence-corrected chi connectivity index (χ2v) is 8.25. The van der Waals surface area contributed by atoms with Gasteiger partial charge < -0.3 is 29.8 Å². The number of carbonyl (C=O) groups is 1. The van der Waals surface area contributed by atoms with Crippen LogP contribution in [0.2, 0.25) is 0 Å². The van der Waals surface area contributed by atoms with E-state index in [1.54, 1.807) is 11.2 Å². The average Bonchev–Trinajstić information content (AvgIpc) is 3.26. The summed E-state index contributed by atoms with van der Waals surface area (Å²) >= 11 is 0. The van der Waals surface area contributed by atoms with Gasteiger partial charge in [0.1, 0.15) is 5.76 Å². The highest BCUT2D eigenvalue weighted by atomic mass is 127. The van der Waals surface area contributed by atoms with Gasteiger partial charge in [0.2, 0.25) is 0 Å². The van der Waals surface area contributed by atoms with Crippen LogP contribution in [0.15, 0.2) is 27.8 Å². The van der Waals surface area contributed by atoms with Crippen molar-refractivity contribution in [1.29, 1.82) is 0 Å². The first-order chi connectivity index (χ1) is 15.0. The number of hydrogen-bond donors (Lipinski definition) is 3. The molecule has 1 fully saturated rings. The maximum Gasteiger partial charge on any atom is 0.409 e. The summed E-state index contributed by atoms with van der Waals surface area (Å²) < 4.78 is 10.5. The minimum absolute atomic E-state index is 0. The zero-order valence-corrected chi connectivity index (χ0v) is 22.1. The van der Waals surface area contributed by atoms with Crippen LogP contribution >= 0.6 is 24.0 Å². The number of nitrogens with one attached hydrogen (secondary N) is 2. The molecule has 2 rings (SSSR count). The molecule has 1 amide bonds. The van der Waals surface area contributed by atoms with Crippen LogP contribution in [-0.2, 0) is 11.2 Å². The zero-order chi connectivity index (χ0) is 22.5.